The first-order valence-corrected chi connectivity index (χ1v) is 10.6. The van der Waals surface area contributed by atoms with Crippen molar-refractivity contribution in [3.8, 4) is 11.5 Å². The molecule has 1 aromatic heterocycles. The Morgan fingerprint density at radius 2 is 1.77 bits per heavy atom. The zero-order chi connectivity index (χ0) is 18.4. The van der Waals surface area contributed by atoms with Crippen LogP contribution in [0.2, 0.25) is 0 Å². The van der Waals surface area contributed by atoms with Crippen molar-refractivity contribution < 1.29 is 9.47 Å². The topological polar surface area (TPSA) is 55.7 Å². The summed E-state index contributed by atoms with van der Waals surface area (Å²) < 4.78 is 11.2. The van der Waals surface area contributed by atoms with Gasteiger partial charge in [-0.3, -0.25) is 0 Å². The summed E-state index contributed by atoms with van der Waals surface area (Å²) in [6.07, 6.45) is 0. The van der Waals surface area contributed by atoms with Crippen molar-refractivity contribution in [1.29, 1.82) is 0 Å². The molecule has 0 amide bonds. The van der Waals surface area contributed by atoms with Crippen LogP contribution < -0.4 is 19.6 Å². The zero-order valence-electron chi connectivity index (χ0n) is 15.0. The number of benzene rings is 2. The van der Waals surface area contributed by atoms with Crippen LogP contribution in [0, 0.1) is 6.92 Å². The van der Waals surface area contributed by atoms with E-state index in [4.69, 9.17) is 9.47 Å². The number of rotatable bonds is 7. The summed E-state index contributed by atoms with van der Waals surface area (Å²) in [6, 6.07) is 13.9. The van der Waals surface area contributed by atoms with Crippen LogP contribution >= 0.6 is 20.7 Å². The van der Waals surface area contributed by atoms with Crippen molar-refractivity contribution in [1.82, 2.24) is 4.98 Å². The Labute approximate surface area is 160 Å². The molecule has 1 N–H and O–H groups in total. The molecular formula is C19H21N3O2S2. The normalized spacial score (nSPS) is 11.4. The van der Waals surface area contributed by atoms with Crippen LogP contribution in [-0.4, -0.2) is 18.2 Å². The number of hydrogen-bond donors (Lipinski definition) is 1. The van der Waals surface area contributed by atoms with E-state index in [1.165, 1.54) is 15.9 Å². The lowest BCUT2D eigenvalue weighted by molar-refractivity contribution is 0.324. The molecule has 5 nitrogen and oxygen atoms in total. The highest BCUT2D eigenvalue weighted by Crippen LogP contribution is 2.32. The maximum Gasteiger partial charge on any atom is 0.222 e. The van der Waals surface area contributed by atoms with E-state index in [0.717, 1.165) is 22.3 Å². The van der Waals surface area contributed by atoms with Gasteiger partial charge in [-0.1, -0.05) is 17.7 Å². The summed E-state index contributed by atoms with van der Waals surface area (Å²) in [4.78, 5) is 9.88. The molecule has 136 valence electrons. The Hall–Kier alpha value is -2.38. The second kappa shape index (κ2) is 8.82. The van der Waals surface area contributed by atoms with E-state index in [9.17, 15) is 0 Å². The third-order valence-corrected chi connectivity index (χ3v) is 5.39. The Balaban J connectivity index is 1.83. The number of ether oxygens (including phenoxy) is 2. The fraction of sp³-hybridized carbons (Fsp3) is 0.263. The second-order valence-corrected chi connectivity index (χ2v) is 7.55. The first kappa shape index (κ1) is 18.4. The highest BCUT2D eigenvalue weighted by atomic mass is 32.9. The number of anilines is 2. The minimum Gasteiger partial charge on any atom is -0.494 e. The average molecular weight is 388 g/mol. The lowest BCUT2D eigenvalue weighted by Gasteiger charge is -2.09. The summed E-state index contributed by atoms with van der Waals surface area (Å²) in [5.41, 5.74) is 2.99. The Kier molecular flexibility index (Phi) is 6.25. The summed E-state index contributed by atoms with van der Waals surface area (Å²) in [5.74, 6) is 1.48. The van der Waals surface area contributed by atoms with Gasteiger partial charge in [-0.25, -0.2) is 4.99 Å². The number of nitrogens with one attached hydrogen (secondary N) is 1. The molecule has 3 rings (SSSR count). The lowest BCUT2D eigenvalue weighted by Crippen LogP contribution is -2.00. The predicted molar refractivity (Wildman–Crippen MR) is 108 cm³/mol. The van der Waals surface area contributed by atoms with E-state index >= 15 is 0 Å². The Morgan fingerprint density at radius 3 is 2.50 bits per heavy atom. The monoisotopic (exact) mass is 387 g/mol. The fourth-order valence-corrected chi connectivity index (χ4v) is 3.95. The lowest BCUT2D eigenvalue weighted by atomic mass is 10.2. The van der Waals surface area contributed by atoms with Gasteiger partial charge in [0.05, 0.1) is 13.2 Å². The first-order valence-electron chi connectivity index (χ1n) is 8.43. The molecule has 0 atom stereocenters. The highest BCUT2D eigenvalue weighted by Gasteiger charge is 2.06. The molecule has 2 aromatic carbocycles. The van der Waals surface area contributed by atoms with Crippen LogP contribution in [0.15, 0.2) is 47.5 Å². The molecule has 0 saturated carbocycles. The molecular weight excluding hydrogens is 366 g/mol. The minimum atomic E-state index is 0.568. The molecule has 0 aliphatic heterocycles. The molecule has 1 heterocycles. The highest BCUT2D eigenvalue weighted by molar-refractivity contribution is 7.69. The maximum absolute atomic E-state index is 5.70. The molecule has 0 bridgehead atoms. The molecule has 0 spiro atoms. The second-order valence-electron chi connectivity index (χ2n) is 5.46. The van der Waals surface area contributed by atoms with Gasteiger partial charge < -0.3 is 14.8 Å². The number of nitrogens with zero attached hydrogens (tertiary/aromatic N) is 2. The largest absolute Gasteiger partial charge is 0.494 e. The van der Waals surface area contributed by atoms with E-state index in [1.54, 1.807) is 10.3 Å². The zero-order valence-corrected chi connectivity index (χ0v) is 16.6. The molecule has 0 unspecified atom stereocenters. The molecule has 7 heteroatoms. The van der Waals surface area contributed by atoms with Crippen LogP contribution in [0.1, 0.15) is 19.4 Å². The van der Waals surface area contributed by atoms with Crippen molar-refractivity contribution in [3.05, 3.63) is 52.8 Å². The third kappa shape index (κ3) is 4.83. The van der Waals surface area contributed by atoms with Gasteiger partial charge in [-0.15, -0.1) is 0 Å². The summed E-state index contributed by atoms with van der Waals surface area (Å²) in [6.45, 7) is 7.16. The van der Waals surface area contributed by atoms with Crippen LogP contribution in [0.3, 0.4) is 0 Å². The van der Waals surface area contributed by atoms with Gasteiger partial charge in [-0.2, -0.15) is 4.98 Å². The van der Waals surface area contributed by atoms with E-state index in [2.05, 4.69) is 34.3 Å². The maximum atomic E-state index is 5.70. The molecule has 0 aliphatic rings. The van der Waals surface area contributed by atoms with Gasteiger partial charge in [0.2, 0.25) is 4.80 Å². The molecule has 3 aromatic rings. The molecule has 0 saturated heterocycles. The van der Waals surface area contributed by atoms with Crippen molar-refractivity contribution >= 4 is 37.2 Å². The smallest absolute Gasteiger partial charge is 0.222 e. The van der Waals surface area contributed by atoms with E-state index < -0.39 is 0 Å². The van der Waals surface area contributed by atoms with Gasteiger partial charge >= 0.3 is 0 Å². The first-order chi connectivity index (χ1) is 12.7. The van der Waals surface area contributed by atoms with Crippen LogP contribution in [0.25, 0.3) is 0 Å². The average Bonchev–Trinajstić information content (AvgIpc) is 3.07. The van der Waals surface area contributed by atoms with E-state index in [-0.39, 0.29) is 0 Å². The van der Waals surface area contributed by atoms with Crippen molar-refractivity contribution in [2.24, 2.45) is 4.99 Å². The standard InChI is InChI=1S/C19H21N3O2S2/c1-4-23-15-10-11-16(17(12-15)24-5-2)21-19-22-18(25-26-19)20-14-8-6-13(3)7-9-14/h6-12H,4-5H2,1-3H3,(H,20,21,22). The van der Waals surface area contributed by atoms with Crippen LogP contribution in [-0.2, 0) is 0 Å². The van der Waals surface area contributed by atoms with Crippen LogP contribution in [0.5, 0.6) is 11.5 Å². The molecule has 0 radical (unpaired) electrons. The van der Waals surface area contributed by atoms with Crippen molar-refractivity contribution in [3.63, 3.8) is 0 Å². The fourth-order valence-electron chi connectivity index (χ4n) is 2.27. The van der Waals surface area contributed by atoms with Gasteiger partial charge in [0.1, 0.15) is 17.2 Å². The van der Waals surface area contributed by atoms with Gasteiger partial charge in [0, 0.05) is 11.8 Å². The Morgan fingerprint density at radius 1 is 1.00 bits per heavy atom. The third-order valence-electron chi connectivity index (χ3n) is 3.45. The quantitative estimate of drug-likeness (QED) is 0.560. The number of hydrogen-bond acceptors (Lipinski definition) is 7. The van der Waals surface area contributed by atoms with Gasteiger partial charge in [-0.05, 0) is 65.7 Å². The summed E-state index contributed by atoms with van der Waals surface area (Å²) in [7, 11) is 3.08. The van der Waals surface area contributed by atoms with Crippen LogP contribution in [0.4, 0.5) is 16.5 Å². The van der Waals surface area contributed by atoms with Crippen molar-refractivity contribution in [2.75, 3.05) is 18.5 Å². The van der Waals surface area contributed by atoms with Gasteiger partial charge in [0.25, 0.3) is 0 Å². The van der Waals surface area contributed by atoms with Crippen molar-refractivity contribution in [2.45, 2.75) is 20.8 Å². The summed E-state index contributed by atoms with van der Waals surface area (Å²) in [5, 5.41) is 4.13. The number of aromatic nitrogens is 1. The van der Waals surface area contributed by atoms with E-state index in [1.807, 2.05) is 44.2 Å². The predicted octanol–water partition coefficient (Wildman–Crippen LogP) is 5.29. The molecule has 26 heavy (non-hydrogen) atoms. The van der Waals surface area contributed by atoms with E-state index in [0.29, 0.717) is 23.8 Å². The van der Waals surface area contributed by atoms with Gasteiger partial charge in [0.15, 0.2) is 5.13 Å². The SMILES string of the molecule is CCOc1ccc(N=c2nc(Nc3ccc(C)cc3)ss2)c(OCC)c1. The Bertz CT molecular complexity index is 917. The summed E-state index contributed by atoms with van der Waals surface area (Å²) >= 11 is 0. The molecule has 0 aliphatic carbocycles. The minimum absolute atomic E-state index is 0.568. The number of aryl methyl sites for hydroxylation is 1. The molecule has 0 fully saturated rings.